The van der Waals surface area contributed by atoms with Gasteiger partial charge in [-0.2, -0.15) is 0 Å². The Morgan fingerprint density at radius 3 is 2.57 bits per heavy atom. The smallest absolute Gasteiger partial charge is 0.261 e. The van der Waals surface area contributed by atoms with Gasteiger partial charge in [0.25, 0.3) is 5.91 Å². The largest absolute Gasteiger partial charge is 0.508 e. The Morgan fingerprint density at radius 2 is 1.77 bits per heavy atom. The predicted octanol–water partition coefficient (Wildman–Crippen LogP) is 4.63. The molecule has 0 bridgehead atoms. The van der Waals surface area contributed by atoms with Crippen LogP contribution >= 0.6 is 11.3 Å². The van der Waals surface area contributed by atoms with Crippen molar-refractivity contribution in [2.45, 2.75) is 6.42 Å². The molecular weight excluding hydrogens is 396 g/mol. The maximum absolute atomic E-state index is 12.4. The summed E-state index contributed by atoms with van der Waals surface area (Å²) in [6, 6.07) is 22.3. The van der Waals surface area contributed by atoms with Crippen LogP contribution in [0.15, 0.2) is 79.0 Å². The molecule has 2 heterocycles. The highest BCUT2D eigenvalue weighted by molar-refractivity contribution is 7.17. The van der Waals surface area contributed by atoms with Crippen LogP contribution < -0.4 is 10.6 Å². The zero-order valence-corrected chi connectivity index (χ0v) is 16.9. The molecular formula is C23H20N4O2S. The van der Waals surface area contributed by atoms with Crippen molar-refractivity contribution in [3.8, 4) is 16.3 Å². The molecule has 0 spiro atoms. The molecule has 0 fully saturated rings. The Kier molecular flexibility index (Phi) is 6.01. The van der Waals surface area contributed by atoms with Gasteiger partial charge in [0.2, 0.25) is 5.95 Å². The molecule has 1 amide bonds. The van der Waals surface area contributed by atoms with Gasteiger partial charge in [0.05, 0.1) is 15.4 Å². The van der Waals surface area contributed by atoms with Crippen LogP contribution in [0.25, 0.3) is 10.6 Å². The molecule has 0 saturated heterocycles. The number of aromatic hydroxyl groups is 1. The van der Waals surface area contributed by atoms with Crippen molar-refractivity contribution in [3.63, 3.8) is 0 Å². The first-order valence-electron chi connectivity index (χ1n) is 9.49. The molecule has 6 nitrogen and oxygen atoms in total. The summed E-state index contributed by atoms with van der Waals surface area (Å²) in [4.78, 5) is 22.7. The average molecular weight is 417 g/mol. The molecule has 0 atom stereocenters. The van der Waals surface area contributed by atoms with Crippen molar-refractivity contribution >= 4 is 28.9 Å². The lowest BCUT2D eigenvalue weighted by Crippen LogP contribution is -2.24. The van der Waals surface area contributed by atoms with Gasteiger partial charge in [0.1, 0.15) is 5.75 Å². The zero-order chi connectivity index (χ0) is 20.8. The van der Waals surface area contributed by atoms with Gasteiger partial charge >= 0.3 is 0 Å². The fourth-order valence-electron chi connectivity index (χ4n) is 2.88. The van der Waals surface area contributed by atoms with Crippen LogP contribution in [0, 0.1) is 0 Å². The van der Waals surface area contributed by atoms with E-state index in [1.165, 1.54) is 16.9 Å². The molecule has 7 heteroatoms. The lowest BCUT2D eigenvalue weighted by molar-refractivity contribution is 0.0958. The summed E-state index contributed by atoms with van der Waals surface area (Å²) in [5.74, 6) is 0.558. The summed E-state index contributed by atoms with van der Waals surface area (Å²) in [6.07, 6.45) is 2.47. The second-order valence-corrected chi connectivity index (χ2v) is 7.68. The van der Waals surface area contributed by atoms with Gasteiger partial charge in [-0.1, -0.05) is 30.3 Å². The van der Waals surface area contributed by atoms with Crippen molar-refractivity contribution in [3.05, 3.63) is 89.4 Å². The molecule has 0 saturated carbocycles. The fraction of sp³-hybridized carbons (Fsp3) is 0.0870. The molecule has 2 aromatic heterocycles. The van der Waals surface area contributed by atoms with Crippen LogP contribution in [0.1, 0.15) is 15.2 Å². The number of hydrogen-bond donors (Lipinski definition) is 3. The number of thiophene rings is 1. The number of anilines is 2. The van der Waals surface area contributed by atoms with E-state index < -0.39 is 0 Å². The predicted molar refractivity (Wildman–Crippen MR) is 119 cm³/mol. The lowest BCUT2D eigenvalue weighted by atomic mass is 10.1. The maximum atomic E-state index is 12.4. The average Bonchev–Trinajstić information content (AvgIpc) is 3.27. The number of benzene rings is 2. The van der Waals surface area contributed by atoms with Crippen molar-refractivity contribution in [2.75, 3.05) is 11.9 Å². The van der Waals surface area contributed by atoms with E-state index in [9.17, 15) is 9.90 Å². The van der Waals surface area contributed by atoms with Gasteiger partial charge in [-0.15, -0.1) is 11.3 Å². The Labute approximate surface area is 178 Å². The van der Waals surface area contributed by atoms with E-state index >= 15 is 0 Å². The van der Waals surface area contributed by atoms with E-state index in [1.807, 2.05) is 48.5 Å². The number of hydrogen-bond acceptors (Lipinski definition) is 6. The number of carbonyl (C=O) groups is 1. The monoisotopic (exact) mass is 416 g/mol. The third-order valence-electron chi connectivity index (χ3n) is 4.40. The molecule has 0 aliphatic heterocycles. The quantitative estimate of drug-likeness (QED) is 0.383. The Balaban J connectivity index is 1.39. The first kappa shape index (κ1) is 19.6. The summed E-state index contributed by atoms with van der Waals surface area (Å²) < 4.78 is 0. The highest BCUT2D eigenvalue weighted by Gasteiger charge is 2.11. The fourth-order valence-corrected chi connectivity index (χ4v) is 3.77. The minimum absolute atomic E-state index is 0.0846. The number of nitrogens with one attached hydrogen (secondary N) is 2. The highest BCUT2D eigenvalue weighted by Crippen LogP contribution is 2.27. The van der Waals surface area contributed by atoms with Crippen LogP contribution in [0.5, 0.6) is 5.75 Å². The number of rotatable bonds is 7. The van der Waals surface area contributed by atoms with Gasteiger partial charge in [0, 0.05) is 18.4 Å². The van der Waals surface area contributed by atoms with Crippen molar-refractivity contribution < 1.29 is 9.90 Å². The molecule has 2 aromatic carbocycles. The van der Waals surface area contributed by atoms with E-state index in [4.69, 9.17) is 0 Å². The van der Waals surface area contributed by atoms with E-state index in [0.29, 0.717) is 17.4 Å². The second-order valence-electron chi connectivity index (χ2n) is 6.59. The SMILES string of the molecule is O=C(NCCc1ccccc1)c1ccc(-c2ccnc(Nc3ccc(O)cc3)n2)s1. The molecule has 0 unspecified atom stereocenters. The summed E-state index contributed by atoms with van der Waals surface area (Å²) in [6.45, 7) is 0.588. The first-order valence-corrected chi connectivity index (χ1v) is 10.3. The van der Waals surface area contributed by atoms with Gasteiger partial charge in [0.15, 0.2) is 0 Å². The molecule has 3 N–H and O–H groups in total. The Bertz CT molecular complexity index is 1130. The van der Waals surface area contributed by atoms with E-state index in [-0.39, 0.29) is 11.7 Å². The Morgan fingerprint density at radius 1 is 0.967 bits per heavy atom. The van der Waals surface area contributed by atoms with E-state index in [0.717, 1.165) is 22.7 Å². The summed E-state index contributed by atoms with van der Waals surface area (Å²) in [5, 5.41) is 15.5. The van der Waals surface area contributed by atoms with E-state index in [1.54, 1.807) is 30.5 Å². The molecule has 0 aliphatic rings. The number of phenols is 1. The molecule has 0 aliphatic carbocycles. The molecule has 0 radical (unpaired) electrons. The number of nitrogens with zero attached hydrogens (tertiary/aromatic N) is 2. The molecule has 150 valence electrons. The van der Waals surface area contributed by atoms with Gasteiger partial charge < -0.3 is 15.7 Å². The summed E-state index contributed by atoms with van der Waals surface area (Å²) in [5.41, 5.74) is 2.70. The number of aromatic nitrogens is 2. The maximum Gasteiger partial charge on any atom is 0.261 e. The van der Waals surface area contributed by atoms with E-state index in [2.05, 4.69) is 20.6 Å². The number of carbonyl (C=O) groups excluding carboxylic acids is 1. The van der Waals surface area contributed by atoms with Crippen LogP contribution in [-0.4, -0.2) is 27.5 Å². The Hall–Kier alpha value is -3.71. The normalized spacial score (nSPS) is 10.5. The third-order valence-corrected chi connectivity index (χ3v) is 5.51. The highest BCUT2D eigenvalue weighted by atomic mass is 32.1. The standard InChI is InChI=1S/C23H20N4O2S/c28-18-8-6-17(7-9-18)26-23-25-15-13-19(27-23)20-10-11-21(30-20)22(29)24-14-12-16-4-2-1-3-5-16/h1-11,13,15,28H,12,14H2,(H,24,29)(H,25,26,27). The van der Waals surface area contributed by atoms with Gasteiger partial charge in [-0.25, -0.2) is 9.97 Å². The van der Waals surface area contributed by atoms with Crippen molar-refractivity contribution in [1.82, 2.24) is 15.3 Å². The third kappa shape index (κ3) is 5.01. The van der Waals surface area contributed by atoms with Crippen LogP contribution in [-0.2, 0) is 6.42 Å². The van der Waals surface area contributed by atoms with Crippen molar-refractivity contribution in [2.24, 2.45) is 0 Å². The van der Waals surface area contributed by atoms with Crippen LogP contribution in [0.4, 0.5) is 11.6 Å². The van der Waals surface area contributed by atoms with Crippen LogP contribution in [0.2, 0.25) is 0 Å². The summed E-state index contributed by atoms with van der Waals surface area (Å²) in [7, 11) is 0. The number of phenolic OH excluding ortho intramolecular Hbond substituents is 1. The summed E-state index contributed by atoms with van der Waals surface area (Å²) >= 11 is 1.39. The first-order chi connectivity index (χ1) is 14.7. The zero-order valence-electron chi connectivity index (χ0n) is 16.1. The van der Waals surface area contributed by atoms with Gasteiger partial charge in [-0.05, 0) is 54.4 Å². The minimum atomic E-state index is -0.0846. The van der Waals surface area contributed by atoms with Crippen molar-refractivity contribution in [1.29, 1.82) is 0 Å². The molecule has 4 rings (SSSR count). The number of amides is 1. The second kappa shape index (κ2) is 9.19. The molecule has 30 heavy (non-hydrogen) atoms. The van der Waals surface area contributed by atoms with Gasteiger partial charge in [-0.3, -0.25) is 4.79 Å². The molecule has 4 aromatic rings. The topological polar surface area (TPSA) is 87.1 Å². The van der Waals surface area contributed by atoms with Crippen LogP contribution in [0.3, 0.4) is 0 Å². The lowest BCUT2D eigenvalue weighted by Gasteiger charge is -2.06. The minimum Gasteiger partial charge on any atom is -0.508 e.